The number of ether oxygens (including phenoxy) is 3. The number of thiophene rings is 1. The second kappa shape index (κ2) is 13.5. The van der Waals surface area contributed by atoms with Crippen molar-refractivity contribution in [2.75, 3.05) is 38.7 Å². The Kier molecular flexibility index (Phi) is 9.55. The molecule has 2 aromatic carbocycles. The summed E-state index contributed by atoms with van der Waals surface area (Å²) in [6, 6.07) is 13.6. The van der Waals surface area contributed by atoms with Crippen LogP contribution in [0.1, 0.15) is 53.7 Å². The molecular formula is C33H39N5O5S. The molecule has 1 aliphatic rings. The van der Waals surface area contributed by atoms with Crippen LogP contribution in [-0.4, -0.2) is 72.1 Å². The average molecular weight is 618 g/mol. The number of alkyl carbamates (subject to hydrolysis) is 1. The third-order valence-electron chi connectivity index (χ3n) is 7.24. The number of hydrogen-bond acceptors (Lipinski definition) is 8. The summed E-state index contributed by atoms with van der Waals surface area (Å²) in [7, 11) is 1.57. The van der Waals surface area contributed by atoms with Gasteiger partial charge in [0, 0.05) is 36.6 Å². The smallest absolute Gasteiger partial charge is 0.407 e. The Morgan fingerprint density at radius 2 is 1.98 bits per heavy atom. The van der Waals surface area contributed by atoms with Crippen molar-refractivity contribution in [2.24, 2.45) is 0 Å². The number of methoxy groups -OCH3 is 1. The quantitative estimate of drug-likeness (QED) is 0.190. The highest BCUT2D eigenvalue weighted by Gasteiger charge is 2.26. The third kappa shape index (κ3) is 7.59. The second-order valence-corrected chi connectivity index (χ2v) is 12.6. The number of aromatic amines is 1. The standard InChI is InChI=1S/C33H39N5O5S/c1-21-15-19-44-30(21)31(39)35-28-22(10-12-26-24-8-6-7-9-25(24)36-37-26)11-13-27(29(28)41-5)42-18-17-38-16-14-23(20-38)34-32(40)43-33(2,3)4/h6-13,15,19,23H,14,16-18,20H2,1-5H3,(H,34,40)(H,35,39)(H,36,37)/b12-10+/t23-/m1/s1. The number of carbonyl (C=O) groups excluding carboxylic acids is 2. The maximum absolute atomic E-state index is 13.3. The molecule has 3 heterocycles. The zero-order valence-corrected chi connectivity index (χ0v) is 26.5. The van der Waals surface area contributed by atoms with Crippen LogP contribution in [0.4, 0.5) is 10.5 Å². The number of likely N-dealkylation sites (tertiary alicyclic amines) is 1. The van der Waals surface area contributed by atoms with Gasteiger partial charge in [0.2, 0.25) is 0 Å². The predicted octanol–water partition coefficient (Wildman–Crippen LogP) is 6.34. The molecule has 1 aliphatic heterocycles. The molecule has 2 aromatic heterocycles. The van der Waals surface area contributed by atoms with Gasteiger partial charge in [-0.15, -0.1) is 11.3 Å². The number of aryl methyl sites for hydroxylation is 1. The van der Waals surface area contributed by atoms with Gasteiger partial charge in [-0.3, -0.25) is 14.8 Å². The van der Waals surface area contributed by atoms with Crippen LogP contribution in [0.25, 0.3) is 23.1 Å². The minimum Gasteiger partial charge on any atom is -0.491 e. The number of para-hydroxylation sites is 1. The molecule has 2 amide bonds. The van der Waals surface area contributed by atoms with Gasteiger partial charge < -0.3 is 24.8 Å². The SMILES string of the molecule is COc1c(OCCN2CC[C@@H](NC(=O)OC(C)(C)C)C2)ccc(/C=C/c2n[nH]c3ccccc23)c1NC(=O)c1sccc1C. The summed E-state index contributed by atoms with van der Waals surface area (Å²) in [6.45, 7) is 10.1. The molecule has 0 bridgehead atoms. The van der Waals surface area contributed by atoms with Crippen LogP contribution >= 0.6 is 11.3 Å². The van der Waals surface area contributed by atoms with E-state index in [4.69, 9.17) is 14.2 Å². The molecule has 0 unspecified atom stereocenters. The van der Waals surface area contributed by atoms with E-state index in [1.807, 2.05) is 87.7 Å². The monoisotopic (exact) mass is 617 g/mol. The fourth-order valence-corrected chi connectivity index (χ4v) is 5.95. The van der Waals surface area contributed by atoms with Gasteiger partial charge in [-0.05, 0) is 75.4 Å². The van der Waals surface area contributed by atoms with E-state index in [1.54, 1.807) is 7.11 Å². The zero-order chi connectivity index (χ0) is 31.3. The van der Waals surface area contributed by atoms with Crippen molar-refractivity contribution >= 4 is 52.1 Å². The highest BCUT2D eigenvalue weighted by atomic mass is 32.1. The maximum atomic E-state index is 13.3. The van der Waals surface area contributed by atoms with E-state index in [0.717, 1.165) is 40.7 Å². The zero-order valence-electron chi connectivity index (χ0n) is 25.7. The van der Waals surface area contributed by atoms with Crippen molar-refractivity contribution in [2.45, 2.75) is 45.8 Å². The van der Waals surface area contributed by atoms with Crippen LogP contribution < -0.4 is 20.1 Å². The summed E-state index contributed by atoms with van der Waals surface area (Å²) in [5, 5.41) is 16.4. The number of aromatic nitrogens is 2. The van der Waals surface area contributed by atoms with Gasteiger partial charge >= 0.3 is 6.09 Å². The molecule has 1 atom stereocenters. The molecule has 232 valence electrons. The molecule has 11 heteroatoms. The minimum absolute atomic E-state index is 0.0274. The van der Waals surface area contributed by atoms with Gasteiger partial charge in [0.1, 0.15) is 12.2 Å². The van der Waals surface area contributed by atoms with Gasteiger partial charge in [0.15, 0.2) is 11.5 Å². The lowest BCUT2D eigenvalue weighted by Crippen LogP contribution is -2.40. The number of benzene rings is 2. The first-order valence-corrected chi connectivity index (χ1v) is 15.5. The maximum Gasteiger partial charge on any atom is 0.407 e. The topological polar surface area (TPSA) is 118 Å². The van der Waals surface area contributed by atoms with E-state index in [2.05, 4.69) is 25.7 Å². The van der Waals surface area contributed by atoms with Crippen LogP contribution in [0.3, 0.4) is 0 Å². The second-order valence-electron chi connectivity index (χ2n) is 11.7. The summed E-state index contributed by atoms with van der Waals surface area (Å²) in [5.41, 5.74) is 3.37. The van der Waals surface area contributed by atoms with Crippen LogP contribution in [0.2, 0.25) is 0 Å². The number of carbonyl (C=O) groups is 2. The first-order chi connectivity index (χ1) is 21.1. The highest BCUT2D eigenvalue weighted by Crippen LogP contribution is 2.40. The van der Waals surface area contributed by atoms with E-state index in [9.17, 15) is 9.59 Å². The first kappa shape index (κ1) is 31.1. The molecule has 44 heavy (non-hydrogen) atoms. The number of hydrogen-bond donors (Lipinski definition) is 3. The molecule has 10 nitrogen and oxygen atoms in total. The lowest BCUT2D eigenvalue weighted by molar-refractivity contribution is 0.0505. The number of nitrogens with zero attached hydrogens (tertiary/aromatic N) is 2. The number of anilines is 1. The van der Waals surface area contributed by atoms with Gasteiger partial charge in [0.05, 0.1) is 28.9 Å². The van der Waals surface area contributed by atoms with E-state index in [-0.39, 0.29) is 11.9 Å². The largest absolute Gasteiger partial charge is 0.491 e. The molecular weight excluding hydrogens is 578 g/mol. The third-order valence-corrected chi connectivity index (χ3v) is 8.26. The van der Waals surface area contributed by atoms with Crippen LogP contribution in [0.15, 0.2) is 47.8 Å². The van der Waals surface area contributed by atoms with Crippen molar-refractivity contribution in [3.8, 4) is 11.5 Å². The molecule has 4 aromatic rings. The van der Waals surface area contributed by atoms with Crippen LogP contribution in [0.5, 0.6) is 11.5 Å². The van der Waals surface area contributed by atoms with Crippen LogP contribution in [-0.2, 0) is 4.74 Å². The highest BCUT2D eigenvalue weighted by molar-refractivity contribution is 7.12. The number of fused-ring (bicyclic) bond motifs is 1. The normalized spacial score (nSPS) is 15.5. The summed E-state index contributed by atoms with van der Waals surface area (Å²) >= 11 is 1.39. The summed E-state index contributed by atoms with van der Waals surface area (Å²) in [5.74, 6) is 0.747. The Morgan fingerprint density at radius 1 is 1.16 bits per heavy atom. The van der Waals surface area contributed by atoms with Crippen molar-refractivity contribution in [1.82, 2.24) is 20.4 Å². The van der Waals surface area contributed by atoms with E-state index in [1.165, 1.54) is 11.3 Å². The van der Waals surface area contributed by atoms with E-state index in [0.29, 0.717) is 41.8 Å². The van der Waals surface area contributed by atoms with Gasteiger partial charge in [0.25, 0.3) is 5.91 Å². The molecule has 1 saturated heterocycles. The van der Waals surface area contributed by atoms with E-state index >= 15 is 0 Å². The molecule has 1 fully saturated rings. The van der Waals surface area contributed by atoms with Gasteiger partial charge in [-0.25, -0.2) is 4.79 Å². The van der Waals surface area contributed by atoms with Crippen molar-refractivity contribution in [1.29, 1.82) is 0 Å². The number of H-pyrrole nitrogens is 1. The molecule has 0 spiro atoms. The lowest BCUT2D eigenvalue weighted by Gasteiger charge is -2.22. The Morgan fingerprint density at radius 3 is 2.73 bits per heavy atom. The molecule has 0 radical (unpaired) electrons. The van der Waals surface area contributed by atoms with Gasteiger partial charge in [-0.1, -0.05) is 24.3 Å². The fraction of sp³-hybridized carbons (Fsp3) is 0.364. The Balaban J connectivity index is 1.31. The molecule has 3 N–H and O–H groups in total. The minimum atomic E-state index is -0.533. The fourth-order valence-electron chi connectivity index (χ4n) is 5.13. The summed E-state index contributed by atoms with van der Waals surface area (Å²) in [6.07, 6.45) is 4.27. The van der Waals surface area contributed by atoms with Crippen molar-refractivity contribution in [3.05, 3.63) is 69.5 Å². The molecule has 0 saturated carbocycles. The Bertz CT molecular complexity index is 1650. The molecule has 5 rings (SSSR count). The molecule has 0 aliphatic carbocycles. The lowest BCUT2D eigenvalue weighted by atomic mass is 10.1. The predicted molar refractivity (Wildman–Crippen MR) is 175 cm³/mol. The Hall–Kier alpha value is -4.35. The van der Waals surface area contributed by atoms with E-state index < -0.39 is 11.7 Å². The van der Waals surface area contributed by atoms with Crippen molar-refractivity contribution in [3.63, 3.8) is 0 Å². The summed E-state index contributed by atoms with van der Waals surface area (Å²) in [4.78, 5) is 28.4. The number of amides is 2. The average Bonchev–Trinajstić information content (AvgIpc) is 3.71. The summed E-state index contributed by atoms with van der Waals surface area (Å²) < 4.78 is 17.4. The number of nitrogens with one attached hydrogen (secondary N) is 3. The number of rotatable bonds is 10. The first-order valence-electron chi connectivity index (χ1n) is 14.6. The van der Waals surface area contributed by atoms with Crippen LogP contribution in [0, 0.1) is 6.92 Å². The Labute approximate surface area is 261 Å². The van der Waals surface area contributed by atoms with Crippen molar-refractivity contribution < 1.29 is 23.8 Å². The van der Waals surface area contributed by atoms with Gasteiger partial charge in [-0.2, -0.15) is 5.10 Å².